The Kier molecular flexibility index (Phi) is 7.07. The molecular weight excluding hydrogens is 427 g/mol. The van der Waals surface area contributed by atoms with E-state index in [0.29, 0.717) is 10.0 Å². The highest BCUT2D eigenvalue weighted by molar-refractivity contribution is 8.13. The van der Waals surface area contributed by atoms with Gasteiger partial charge in [-0.25, -0.2) is 9.78 Å². The fraction of sp³-hybridized carbons (Fsp3) is 0.158. The van der Waals surface area contributed by atoms with Gasteiger partial charge >= 0.3 is 5.30 Å². The van der Waals surface area contributed by atoms with E-state index >= 15 is 0 Å². The van der Waals surface area contributed by atoms with Crippen LogP contribution in [0, 0.1) is 0 Å². The first-order valence-electron chi connectivity index (χ1n) is 7.98. The van der Waals surface area contributed by atoms with Crippen molar-refractivity contribution in [1.82, 2.24) is 9.55 Å². The van der Waals surface area contributed by atoms with Crippen molar-refractivity contribution in [3.05, 3.63) is 88.4 Å². The van der Waals surface area contributed by atoms with Crippen LogP contribution in [0.25, 0.3) is 0 Å². The SMILES string of the molecule is O=C(OCc1ccc(Cl)cc1)SC(c1ccc(Cl)cc1)C(Cl)n1ccnc1. The number of halogens is 3. The molecule has 3 aromatic rings. The molecule has 2 atom stereocenters. The largest absolute Gasteiger partial charge is 0.453 e. The van der Waals surface area contributed by atoms with E-state index in [0.717, 1.165) is 22.9 Å². The summed E-state index contributed by atoms with van der Waals surface area (Å²) in [7, 11) is 0. The third-order valence-electron chi connectivity index (χ3n) is 3.75. The number of imidazole rings is 1. The van der Waals surface area contributed by atoms with Gasteiger partial charge in [0.05, 0.1) is 11.6 Å². The molecule has 0 aliphatic carbocycles. The molecule has 0 fully saturated rings. The van der Waals surface area contributed by atoms with Crippen LogP contribution in [0.4, 0.5) is 4.79 Å². The lowest BCUT2D eigenvalue weighted by Crippen LogP contribution is -2.12. The van der Waals surface area contributed by atoms with Crippen molar-refractivity contribution in [3.8, 4) is 0 Å². The third-order valence-corrected chi connectivity index (χ3v) is 5.98. The van der Waals surface area contributed by atoms with Crippen molar-refractivity contribution in [1.29, 1.82) is 0 Å². The maximum Gasteiger partial charge on any atom is 0.368 e. The Balaban J connectivity index is 1.71. The minimum absolute atomic E-state index is 0.161. The Morgan fingerprint density at radius 3 is 2.30 bits per heavy atom. The molecule has 4 nitrogen and oxygen atoms in total. The highest BCUT2D eigenvalue weighted by Gasteiger charge is 2.27. The van der Waals surface area contributed by atoms with Crippen LogP contribution in [0.15, 0.2) is 67.3 Å². The van der Waals surface area contributed by atoms with Gasteiger partial charge < -0.3 is 9.30 Å². The first-order valence-corrected chi connectivity index (χ1v) is 10.0. The molecule has 0 aliphatic heterocycles. The van der Waals surface area contributed by atoms with Crippen LogP contribution in [0.3, 0.4) is 0 Å². The quantitative estimate of drug-likeness (QED) is 0.314. The second kappa shape index (κ2) is 9.51. The molecule has 0 saturated carbocycles. The van der Waals surface area contributed by atoms with Gasteiger partial charge in [0.2, 0.25) is 0 Å². The fourth-order valence-electron chi connectivity index (χ4n) is 2.37. The van der Waals surface area contributed by atoms with E-state index in [-0.39, 0.29) is 11.9 Å². The van der Waals surface area contributed by atoms with Gasteiger partial charge in [0, 0.05) is 22.4 Å². The maximum absolute atomic E-state index is 12.4. The molecule has 2 unspecified atom stereocenters. The Morgan fingerprint density at radius 2 is 1.70 bits per heavy atom. The number of carbonyl (C=O) groups excluding carboxylic acids is 1. The standard InChI is InChI=1S/C19H15Cl3N2O2S/c20-15-5-1-13(2-6-15)11-26-19(25)27-17(14-3-7-16(21)8-4-14)18(22)24-10-9-23-12-24/h1-10,12,17-18H,11H2. The van der Waals surface area contributed by atoms with Crippen molar-refractivity contribution in [2.45, 2.75) is 17.4 Å². The van der Waals surface area contributed by atoms with Crippen LogP contribution in [0.5, 0.6) is 0 Å². The normalized spacial score (nSPS) is 13.1. The van der Waals surface area contributed by atoms with Gasteiger partial charge in [-0.2, -0.15) is 0 Å². The number of hydrogen-bond donors (Lipinski definition) is 0. The molecule has 3 rings (SSSR count). The van der Waals surface area contributed by atoms with E-state index < -0.39 is 10.8 Å². The summed E-state index contributed by atoms with van der Waals surface area (Å²) in [4.78, 5) is 16.4. The van der Waals surface area contributed by atoms with Gasteiger partial charge in [-0.15, -0.1) is 0 Å². The smallest absolute Gasteiger partial charge is 0.368 e. The average Bonchev–Trinajstić information content (AvgIpc) is 3.21. The van der Waals surface area contributed by atoms with Crippen molar-refractivity contribution in [2.75, 3.05) is 0 Å². The van der Waals surface area contributed by atoms with Crippen LogP contribution in [-0.2, 0) is 11.3 Å². The Morgan fingerprint density at radius 1 is 1.07 bits per heavy atom. The molecule has 1 heterocycles. The molecule has 0 aliphatic rings. The maximum atomic E-state index is 12.4. The Labute approximate surface area is 176 Å². The number of ether oxygens (including phenoxy) is 1. The van der Waals surface area contributed by atoms with Gasteiger partial charge in [-0.1, -0.05) is 59.1 Å². The summed E-state index contributed by atoms with van der Waals surface area (Å²) in [5.74, 6) is 0. The third kappa shape index (κ3) is 5.66. The molecule has 27 heavy (non-hydrogen) atoms. The van der Waals surface area contributed by atoms with Crippen molar-refractivity contribution >= 4 is 51.9 Å². The highest BCUT2D eigenvalue weighted by Crippen LogP contribution is 2.42. The summed E-state index contributed by atoms with van der Waals surface area (Å²) in [5, 5.41) is 0.445. The number of carbonyl (C=O) groups is 1. The lowest BCUT2D eigenvalue weighted by atomic mass is 10.1. The monoisotopic (exact) mass is 440 g/mol. The molecule has 2 aromatic carbocycles. The van der Waals surface area contributed by atoms with Crippen molar-refractivity contribution in [2.24, 2.45) is 0 Å². The lowest BCUT2D eigenvalue weighted by Gasteiger charge is -2.22. The molecule has 0 N–H and O–H groups in total. The topological polar surface area (TPSA) is 44.1 Å². The first kappa shape index (κ1) is 20.1. The molecule has 0 radical (unpaired) electrons. The second-order valence-electron chi connectivity index (χ2n) is 5.64. The molecular formula is C19H15Cl3N2O2S. The Bertz CT molecular complexity index is 871. The summed E-state index contributed by atoms with van der Waals surface area (Å²) in [6.45, 7) is 0.161. The van der Waals surface area contributed by atoms with E-state index in [4.69, 9.17) is 39.5 Å². The zero-order valence-electron chi connectivity index (χ0n) is 14.0. The number of hydrogen-bond acceptors (Lipinski definition) is 4. The lowest BCUT2D eigenvalue weighted by molar-refractivity contribution is 0.168. The minimum atomic E-state index is -0.526. The van der Waals surface area contributed by atoms with E-state index in [1.165, 1.54) is 0 Å². The van der Waals surface area contributed by atoms with E-state index in [1.807, 2.05) is 24.3 Å². The number of benzene rings is 2. The molecule has 0 saturated heterocycles. The van der Waals surface area contributed by atoms with E-state index in [2.05, 4.69) is 4.98 Å². The molecule has 140 valence electrons. The summed E-state index contributed by atoms with van der Waals surface area (Å²) in [6.07, 6.45) is 5.00. The Hall–Kier alpha value is -1.66. The van der Waals surface area contributed by atoms with Crippen molar-refractivity contribution < 1.29 is 9.53 Å². The number of rotatable bonds is 6. The predicted octanol–water partition coefficient (Wildman–Crippen LogP) is 6.74. The van der Waals surface area contributed by atoms with Gasteiger partial charge in [0.1, 0.15) is 12.1 Å². The van der Waals surface area contributed by atoms with E-state index in [9.17, 15) is 4.79 Å². The fourth-order valence-corrected chi connectivity index (χ4v) is 3.92. The summed E-state index contributed by atoms with van der Waals surface area (Å²) in [5.41, 5.74) is 1.19. The molecule has 8 heteroatoms. The van der Waals surface area contributed by atoms with Crippen LogP contribution >= 0.6 is 46.6 Å². The number of aromatic nitrogens is 2. The summed E-state index contributed by atoms with van der Waals surface area (Å²) in [6, 6.07) is 14.4. The van der Waals surface area contributed by atoms with Crippen LogP contribution in [0.2, 0.25) is 10.0 Å². The van der Waals surface area contributed by atoms with Crippen LogP contribution < -0.4 is 0 Å². The van der Waals surface area contributed by atoms with Crippen LogP contribution in [-0.4, -0.2) is 14.9 Å². The summed E-state index contributed by atoms with van der Waals surface area (Å²) >= 11 is 19.5. The first-order chi connectivity index (χ1) is 13.0. The summed E-state index contributed by atoms with van der Waals surface area (Å²) < 4.78 is 7.12. The van der Waals surface area contributed by atoms with Crippen LogP contribution in [0.1, 0.15) is 21.9 Å². The molecule has 0 amide bonds. The van der Waals surface area contributed by atoms with Gasteiger partial charge in [-0.3, -0.25) is 0 Å². The van der Waals surface area contributed by atoms with Crippen molar-refractivity contribution in [3.63, 3.8) is 0 Å². The van der Waals surface area contributed by atoms with Gasteiger partial charge in [-0.05, 0) is 47.2 Å². The van der Waals surface area contributed by atoms with Gasteiger partial charge in [0.25, 0.3) is 0 Å². The van der Waals surface area contributed by atoms with E-state index in [1.54, 1.807) is 47.6 Å². The highest BCUT2D eigenvalue weighted by atomic mass is 35.5. The second-order valence-corrected chi connectivity index (χ2v) is 8.03. The zero-order valence-corrected chi connectivity index (χ0v) is 17.1. The predicted molar refractivity (Wildman–Crippen MR) is 111 cm³/mol. The number of thioether (sulfide) groups is 1. The minimum Gasteiger partial charge on any atom is -0.453 e. The zero-order chi connectivity index (χ0) is 19.2. The molecule has 0 bridgehead atoms. The number of alkyl halides is 1. The van der Waals surface area contributed by atoms with Gasteiger partial charge in [0.15, 0.2) is 0 Å². The molecule has 1 aromatic heterocycles. The average molecular weight is 442 g/mol. The number of nitrogens with zero attached hydrogens (tertiary/aromatic N) is 2. The molecule has 0 spiro atoms.